The molecular weight excluding hydrogens is 148 g/mol. The van der Waals surface area contributed by atoms with Gasteiger partial charge in [-0.25, -0.2) is 0 Å². The van der Waals surface area contributed by atoms with Crippen molar-refractivity contribution in [1.82, 2.24) is 0 Å². The minimum Gasteiger partial charge on any atom is -0.396 e. The molecule has 0 fully saturated rings. The van der Waals surface area contributed by atoms with E-state index in [2.05, 4.69) is 20.8 Å². The van der Waals surface area contributed by atoms with Gasteiger partial charge >= 0.3 is 0 Å². The van der Waals surface area contributed by atoms with Crippen molar-refractivity contribution in [2.24, 2.45) is 11.8 Å². The molecule has 0 spiro atoms. The highest BCUT2D eigenvalue weighted by atomic mass is 16.2. The summed E-state index contributed by atoms with van der Waals surface area (Å²) < 4.78 is 0. The molecule has 1 nitrogen and oxygen atoms in total. The van der Waals surface area contributed by atoms with E-state index in [1.807, 2.05) is 0 Å². The van der Waals surface area contributed by atoms with Gasteiger partial charge < -0.3 is 5.11 Å². The first kappa shape index (κ1) is 12.0. The van der Waals surface area contributed by atoms with Crippen molar-refractivity contribution in [3.63, 3.8) is 0 Å². The molecule has 0 aromatic carbocycles. The first-order valence-electron chi connectivity index (χ1n) is 5.27. The van der Waals surface area contributed by atoms with E-state index in [4.69, 9.17) is 5.11 Å². The van der Waals surface area contributed by atoms with Crippen LogP contribution in [0.2, 0.25) is 0 Å². The van der Waals surface area contributed by atoms with Crippen LogP contribution in [-0.4, -0.2) is 11.7 Å². The van der Waals surface area contributed by atoms with E-state index in [0.29, 0.717) is 12.5 Å². The van der Waals surface area contributed by atoms with Crippen LogP contribution in [0, 0.1) is 11.8 Å². The maximum absolute atomic E-state index is 8.68. The van der Waals surface area contributed by atoms with Crippen LogP contribution in [0.3, 0.4) is 0 Å². The number of aliphatic hydroxyl groups excluding tert-OH is 1. The molecule has 1 heteroatoms. The molecule has 1 atom stereocenters. The maximum atomic E-state index is 8.68. The Balaban J connectivity index is 3.08. The molecule has 0 aliphatic carbocycles. The van der Waals surface area contributed by atoms with Gasteiger partial charge in [0, 0.05) is 6.61 Å². The molecule has 12 heavy (non-hydrogen) atoms. The molecule has 0 rings (SSSR count). The lowest BCUT2D eigenvalue weighted by molar-refractivity contribution is 0.256. The Bertz CT molecular complexity index is 89.0. The summed E-state index contributed by atoms with van der Waals surface area (Å²) in [6, 6.07) is 0. The molecule has 1 unspecified atom stereocenters. The highest BCUT2D eigenvalue weighted by Gasteiger charge is 2.01. The standard InChI is InChI=1S/C11H24O/c1-10(2)6-4-5-7-11(3)8-9-12/h10-12H,4-9H2,1-3H3. The Kier molecular flexibility index (Phi) is 7.58. The molecule has 0 aromatic heterocycles. The second kappa shape index (κ2) is 7.60. The van der Waals surface area contributed by atoms with Crippen molar-refractivity contribution < 1.29 is 5.11 Å². The molecule has 74 valence electrons. The fraction of sp³-hybridized carbons (Fsp3) is 1.00. The van der Waals surface area contributed by atoms with Crippen LogP contribution in [0.1, 0.15) is 52.9 Å². The van der Waals surface area contributed by atoms with Gasteiger partial charge in [0.05, 0.1) is 0 Å². The van der Waals surface area contributed by atoms with Gasteiger partial charge in [-0.05, 0) is 18.3 Å². The Morgan fingerprint density at radius 2 is 1.50 bits per heavy atom. The molecule has 0 heterocycles. The summed E-state index contributed by atoms with van der Waals surface area (Å²) in [4.78, 5) is 0. The van der Waals surface area contributed by atoms with Crippen molar-refractivity contribution in [2.45, 2.75) is 52.9 Å². The minimum atomic E-state index is 0.353. The normalized spacial score (nSPS) is 13.8. The molecule has 0 amide bonds. The lowest BCUT2D eigenvalue weighted by atomic mass is 9.98. The molecule has 0 radical (unpaired) electrons. The van der Waals surface area contributed by atoms with E-state index < -0.39 is 0 Å². The topological polar surface area (TPSA) is 20.2 Å². The van der Waals surface area contributed by atoms with E-state index >= 15 is 0 Å². The summed E-state index contributed by atoms with van der Waals surface area (Å²) >= 11 is 0. The second-order valence-electron chi connectivity index (χ2n) is 4.30. The molecule has 0 bridgehead atoms. The van der Waals surface area contributed by atoms with Gasteiger partial charge in [-0.3, -0.25) is 0 Å². The molecule has 0 aromatic rings. The second-order valence-corrected chi connectivity index (χ2v) is 4.30. The zero-order valence-corrected chi connectivity index (χ0v) is 8.84. The maximum Gasteiger partial charge on any atom is 0.0433 e. The van der Waals surface area contributed by atoms with Gasteiger partial charge in [-0.15, -0.1) is 0 Å². The Hall–Kier alpha value is -0.0400. The summed E-state index contributed by atoms with van der Waals surface area (Å²) in [5, 5.41) is 8.68. The van der Waals surface area contributed by atoms with Crippen LogP contribution in [-0.2, 0) is 0 Å². The van der Waals surface area contributed by atoms with Crippen molar-refractivity contribution in [2.75, 3.05) is 6.61 Å². The van der Waals surface area contributed by atoms with Gasteiger partial charge in [0.25, 0.3) is 0 Å². The summed E-state index contributed by atoms with van der Waals surface area (Å²) in [6.07, 6.45) is 6.30. The van der Waals surface area contributed by atoms with Gasteiger partial charge in [0.1, 0.15) is 0 Å². The van der Waals surface area contributed by atoms with Gasteiger partial charge in [0.15, 0.2) is 0 Å². The van der Waals surface area contributed by atoms with Gasteiger partial charge in [-0.2, -0.15) is 0 Å². The summed E-state index contributed by atoms with van der Waals surface area (Å²) in [7, 11) is 0. The van der Waals surface area contributed by atoms with Crippen LogP contribution >= 0.6 is 0 Å². The molecule has 0 saturated heterocycles. The molecule has 0 aliphatic rings. The Morgan fingerprint density at radius 1 is 0.917 bits per heavy atom. The summed E-state index contributed by atoms with van der Waals surface area (Å²) in [5.41, 5.74) is 0. The fourth-order valence-corrected chi connectivity index (χ4v) is 1.41. The number of rotatable bonds is 7. The number of hydrogen-bond acceptors (Lipinski definition) is 1. The lowest BCUT2D eigenvalue weighted by Crippen LogP contribution is -1.98. The van der Waals surface area contributed by atoms with Gasteiger partial charge in [0.2, 0.25) is 0 Å². The highest BCUT2D eigenvalue weighted by molar-refractivity contribution is 4.54. The molecular formula is C11H24O. The summed E-state index contributed by atoms with van der Waals surface area (Å²) in [5.74, 6) is 1.56. The lowest BCUT2D eigenvalue weighted by Gasteiger charge is -2.09. The quantitative estimate of drug-likeness (QED) is 0.585. The van der Waals surface area contributed by atoms with E-state index in [0.717, 1.165) is 12.3 Å². The van der Waals surface area contributed by atoms with Crippen LogP contribution in [0.25, 0.3) is 0 Å². The Labute approximate surface area is 77.2 Å². The van der Waals surface area contributed by atoms with Crippen LogP contribution in [0.5, 0.6) is 0 Å². The first-order chi connectivity index (χ1) is 5.66. The largest absolute Gasteiger partial charge is 0.396 e. The predicted octanol–water partition coefficient (Wildman–Crippen LogP) is 3.22. The molecule has 1 N–H and O–H groups in total. The minimum absolute atomic E-state index is 0.353. The van der Waals surface area contributed by atoms with E-state index in [1.165, 1.54) is 25.7 Å². The van der Waals surface area contributed by atoms with E-state index in [-0.39, 0.29) is 0 Å². The molecule has 0 saturated carbocycles. The monoisotopic (exact) mass is 172 g/mol. The fourth-order valence-electron chi connectivity index (χ4n) is 1.41. The van der Waals surface area contributed by atoms with Crippen molar-refractivity contribution in [3.8, 4) is 0 Å². The third-order valence-electron chi connectivity index (χ3n) is 2.35. The van der Waals surface area contributed by atoms with Gasteiger partial charge in [-0.1, -0.05) is 46.5 Å². The predicted molar refractivity (Wildman–Crippen MR) is 54.2 cm³/mol. The number of hydrogen-bond donors (Lipinski definition) is 1. The zero-order chi connectivity index (χ0) is 9.40. The average molecular weight is 172 g/mol. The average Bonchev–Trinajstić information content (AvgIpc) is 1.98. The SMILES string of the molecule is CC(C)CCCCC(C)CCO. The smallest absolute Gasteiger partial charge is 0.0433 e. The van der Waals surface area contributed by atoms with Crippen LogP contribution in [0.15, 0.2) is 0 Å². The first-order valence-corrected chi connectivity index (χ1v) is 5.27. The highest BCUT2D eigenvalue weighted by Crippen LogP contribution is 2.14. The third-order valence-corrected chi connectivity index (χ3v) is 2.35. The molecule has 0 aliphatic heterocycles. The number of aliphatic hydroxyl groups is 1. The Morgan fingerprint density at radius 3 is 2.00 bits per heavy atom. The number of unbranched alkanes of at least 4 members (excludes halogenated alkanes) is 1. The van der Waals surface area contributed by atoms with Crippen molar-refractivity contribution >= 4 is 0 Å². The van der Waals surface area contributed by atoms with Crippen LogP contribution < -0.4 is 0 Å². The van der Waals surface area contributed by atoms with Crippen molar-refractivity contribution in [3.05, 3.63) is 0 Å². The summed E-state index contributed by atoms with van der Waals surface area (Å²) in [6.45, 7) is 7.13. The third kappa shape index (κ3) is 8.06. The van der Waals surface area contributed by atoms with Crippen molar-refractivity contribution in [1.29, 1.82) is 0 Å². The van der Waals surface area contributed by atoms with Crippen LogP contribution in [0.4, 0.5) is 0 Å². The van der Waals surface area contributed by atoms with E-state index in [1.54, 1.807) is 0 Å². The zero-order valence-electron chi connectivity index (χ0n) is 8.84. The van der Waals surface area contributed by atoms with E-state index in [9.17, 15) is 0 Å².